The predicted molar refractivity (Wildman–Crippen MR) is 117 cm³/mol. The molecule has 0 radical (unpaired) electrons. The molecule has 4 rings (SSSR count). The zero-order valence-electron chi connectivity index (χ0n) is 15.9. The van der Waals surface area contributed by atoms with E-state index in [1.54, 1.807) is 6.21 Å². The van der Waals surface area contributed by atoms with Gasteiger partial charge in [0.05, 0.1) is 6.21 Å². The molecule has 0 aliphatic rings. The average molecular weight is 366 g/mol. The van der Waals surface area contributed by atoms with E-state index < -0.39 is 0 Å². The van der Waals surface area contributed by atoms with Gasteiger partial charge in [-0.25, -0.2) is 5.43 Å². The normalized spacial score (nSPS) is 11.3. The van der Waals surface area contributed by atoms with Crippen molar-refractivity contribution in [3.8, 4) is 0 Å². The number of carbonyl (C=O) groups excluding carboxylic acids is 1. The molecular weight excluding hydrogens is 344 g/mol. The van der Waals surface area contributed by atoms with Gasteiger partial charge < -0.3 is 0 Å². The van der Waals surface area contributed by atoms with Crippen molar-refractivity contribution in [2.75, 3.05) is 0 Å². The fraction of sp³-hybridized carbons (Fsp3) is 0.120. The fourth-order valence-electron chi connectivity index (χ4n) is 3.65. The Morgan fingerprint density at radius 2 is 1.36 bits per heavy atom. The molecule has 1 amide bonds. The summed E-state index contributed by atoms with van der Waals surface area (Å²) >= 11 is 0. The van der Waals surface area contributed by atoms with E-state index in [4.69, 9.17) is 0 Å². The molecule has 0 spiro atoms. The number of benzene rings is 4. The molecule has 0 fully saturated rings. The lowest BCUT2D eigenvalue weighted by molar-refractivity contribution is -0.121. The first-order chi connectivity index (χ1) is 13.7. The lowest BCUT2D eigenvalue weighted by Gasteiger charge is -2.11. The van der Waals surface area contributed by atoms with Gasteiger partial charge in [0.1, 0.15) is 0 Å². The molecule has 0 heterocycles. The van der Waals surface area contributed by atoms with Crippen molar-refractivity contribution in [1.82, 2.24) is 5.43 Å². The number of hydrazone groups is 1. The molecule has 1 N–H and O–H groups in total. The molecule has 0 saturated carbocycles. The molecule has 4 aromatic carbocycles. The van der Waals surface area contributed by atoms with Gasteiger partial charge in [-0.2, -0.15) is 5.10 Å². The van der Waals surface area contributed by atoms with E-state index >= 15 is 0 Å². The zero-order valence-corrected chi connectivity index (χ0v) is 15.9. The number of rotatable bonds is 5. The molecule has 138 valence electrons. The summed E-state index contributed by atoms with van der Waals surface area (Å²) in [6.45, 7) is 2.15. The van der Waals surface area contributed by atoms with Crippen LogP contribution in [0.15, 0.2) is 84.0 Å². The maximum absolute atomic E-state index is 12.2. The monoisotopic (exact) mass is 366 g/mol. The number of fused-ring (bicyclic) bond motifs is 2. The van der Waals surface area contributed by atoms with E-state index in [0.717, 1.165) is 21.9 Å². The minimum Gasteiger partial charge on any atom is -0.273 e. The summed E-state index contributed by atoms with van der Waals surface area (Å²) in [5.41, 5.74) is 6.11. The quantitative estimate of drug-likeness (QED) is 0.287. The molecule has 0 saturated heterocycles. The van der Waals surface area contributed by atoms with Crippen molar-refractivity contribution in [2.45, 2.75) is 19.8 Å². The smallest absolute Gasteiger partial charge is 0.240 e. The van der Waals surface area contributed by atoms with Gasteiger partial charge in [0.15, 0.2) is 0 Å². The summed E-state index contributed by atoms with van der Waals surface area (Å²) in [4.78, 5) is 12.2. The second kappa shape index (κ2) is 8.05. The number of nitrogens with zero attached hydrogens (tertiary/aromatic N) is 1. The minimum absolute atomic E-state index is 0.0826. The third kappa shape index (κ3) is 3.65. The van der Waals surface area contributed by atoms with Gasteiger partial charge >= 0.3 is 0 Å². The third-order valence-corrected chi connectivity index (χ3v) is 5.11. The zero-order chi connectivity index (χ0) is 19.3. The lowest BCUT2D eigenvalue weighted by Crippen LogP contribution is -2.17. The van der Waals surface area contributed by atoms with Crippen LogP contribution >= 0.6 is 0 Å². The van der Waals surface area contributed by atoms with Gasteiger partial charge in [0.25, 0.3) is 0 Å². The lowest BCUT2D eigenvalue weighted by atomic mass is 9.93. The van der Waals surface area contributed by atoms with Gasteiger partial charge in [-0.1, -0.05) is 78.9 Å². The van der Waals surface area contributed by atoms with Gasteiger partial charge in [0.2, 0.25) is 5.91 Å². The highest BCUT2D eigenvalue weighted by Gasteiger charge is 2.09. The van der Waals surface area contributed by atoms with Gasteiger partial charge in [-0.05, 0) is 46.0 Å². The third-order valence-electron chi connectivity index (χ3n) is 5.11. The van der Waals surface area contributed by atoms with Crippen molar-refractivity contribution in [1.29, 1.82) is 0 Å². The van der Waals surface area contributed by atoms with Crippen molar-refractivity contribution >= 4 is 33.7 Å². The molecule has 0 bridgehead atoms. The number of aryl methyl sites for hydroxylation is 2. The van der Waals surface area contributed by atoms with Crippen LogP contribution in [0.2, 0.25) is 0 Å². The second-order valence-corrected chi connectivity index (χ2v) is 6.91. The van der Waals surface area contributed by atoms with Gasteiger partial charge in [-0.15, -0.1) is 0 Å². The van der Waals surface area contributed by atoms with Crippen LogP contribution in [-0.2, 0) is 11.2 Å². The van der Waals surface area contributed by atoms with Crippen LogP contribution in [0.3, 0.4) is 0 Å². The first-order valence-electron chi connectivity index (χ1n) is 9.50. The Morgan fingerprint density at radius 3 is 1.96 bits per heavy atom. The Labute approximate surface area is 164 Å². The Kier molecular flexibility index (Phi) is 5.16. The Morgan fingerprint density at radius 1 is 0.821 bits per heavy atom. The average Bonchev–Trinajstić information content (AvgIpc) is 2.75. The summed E-state index contributed by atoms with van der Waals surface area (Å²) in [5, 5.41) is 8.95. The maximum Gasteiger partial charge on any atom is 0.240 e. The van der Waals surface area contributed by atoms with E-state index in [-0.39, 0.29) is 5.91 Å². The molecule has 0 unspecified atom stereocenters. The summed E-state index contributed by atoms with van der Waals surface area (Å²) < 4.78 is 0. The van der Waals surface area contributed by atoms with Crippen LogP contribution in [-0.4, -0.2) is 12.1 Å². The predicted octanol–water partition coefficient (Wildman–Crippen LogP) is 5.38. The largest absolute Gasteiger partial charge is 0.273 e. The summed E-state index contributed by atoms with van der Waals surface area (Å²) in [6, 6.07) is 26.6. The molecule has 28 heavy (non-hydrogen) atoms. The van der Waals surface area contributed by atoms with Crippen molar-refractivity contribution in [2.24, 2.45) is 5.10 Å². The van der Waals surface area contributed by atoms with E-state index in [9.17, 15) is 4.79 Å². The molecule has 0 aliphatic carbocycles. The van der Waals surface area contributed by atoms with Crippen molar-refractivity contribution in [3.05, 3.63) is 95.6 Å². The number of amides is 1. The van der Waals surface area contributed by atoms with Crippen LogP contribution in [0.4, 0.5) is 0 Å². The van der Waals surface area contributed by atoms with Crippen LogP contribution in [0.25, 0.3) is 21.5 Å². The maximum atomic E-state index is 12.2. The molecule has 0 atom stereocenters. The van der Waals surface area contributed by atoms with E-state index in [0.29, 0.717) is 12.8 Å². The van der Waals surface area contributed by atoms with Gasteiger partial charge in [0, 0.05) is 12.0 Å². The minimum atomic E-state index is -0.0826. The molecule has 4 aromatic rings. The second-order valence-electron chi connectivity index (χ2n) is 6.91. The first kappa shape index (κ1) is 17.9. The standard InChI is InChI=1S/C25H22N2O/c1-18-20-11-5-7-13-22(20)24(23-14-8-6-12-21(18)23)17-26-27-25(28)16-15-19-9-3-2-4-10-19/h2-14,17H,15-16H2,1H3,(H,27,28)/b26-17-. The van der Waals surface area contributed by atoms with Crippen molar-refractivity contribution in [3.63, 3.8) is 0 Å². The van der Waals surface area contributed by atoms with Gasteiger partial charge in [-0.3, -0.25) is 4.79 Å². The number of carbonyl (C=O) groups is 1. The summed E-state index contributed by atoms with van der Waals surface area (Å²) in [6.07, 6.45) is 2.89. The first-order valence-corrected chi connectivity index (χ1v) is 9.50. The van der Waals surface area contributed by atoms with Crippen molar-refractivity contribution < 1.29 is 4.79 Å². The molecule has 3 heteroatoms. The molecule has 0 aromatic heterocycles. The topological polar surface area (TPSA) is 41.5 Å². The van der Waals surface area contributed by atoms with Crippen LogP contribution in [0.1, 0.15) is 23.1 Å². The van der Waals surface area contributed by atoms with E-state index in [2.05, 4.69) is 53.8 Å². The SMILES string of the molecule is Cc1c2ccccc2c(/C=N\NC(=O)CCc2ccccc2)c2ccccc12. The molecular formula is C25H22N2O. The van der Waals surface area contributed by atoms with E-state index in [1.165, 1.54) is 16.3 Å². The number of nitrogens with one attached hydrogen (secondary N) is 1. The fourth-order valence-corrected chi connectivity index (χ4v) is 3.65. The van der Waals surface area contributed by atoms with E-state index in [1.807, 2.05) is 42.5 Å². The molecule has 3 nitrogen and oxygen atoms in total. The highest BCUT2D eigenvalue weighted by molar-refractivity contribution is 6.15. The number of hydrogen-bond donors (Lipinski definition) is 1. The number of hydrogen-bond acceptors (Lipinski definition) is 2. The molecule has 0 aliphatic heterocycles. The highest BCUT2D eigenvalue weighted by Crippen LogP contribution is 2.31. The highest BCUT2D eigenvalue weighted by atomic mass is 16.2. The Hall–Kier alpha value is -3.46. The van der Waals surface area contributed by atoms with Crippen LogP contribution < -0.4 is 5.43 Å². The van der Waals surface area contributed by atoms with Crippen LogP contribution in [0.5, 0.6) is 0 Å². The summed E-state index contributed by atoms with van der Waals surface area (Å²) in [7, 11) is 0. The Bertz CT molecular complexity index is 1110. The summed E-state index contributed by atoms with van der Waals surface area (Å²) in [5.74, 6) is -0.0826. The van der Waals surface area contributed by atoms with Crippen LogP contribution in [0, 0.1) is 6.92 Å². The Balaban J connectivity index is 1.58.